The van der Waals surface area contributed by atoms with Crippen molar-refractivity contribution >= 4 is 0 Å². The van der Waals surface area contributed by atoms with Crippen LogP contribution in [0.2, 0.25) is 0 Å². The fourth-order valence-electron chi connectivity index (χ4n) is 2.11. The van der Waals surface area contributed by atoms with Crippen LogP contribution in [0.3, 0.4) is 0 Å². The second kappa shape index (κ2) is 6.68. The Labute approximate surface area is 126 Å². The molecular weight excluding hydrogens is 262 g/mol. The van der Waals surface area contributed by atoms with Crippen LogP contribution in [0.1, 0.15) is 42.4 Å². The number of nitrogens with zero attached hydrogens (tertiary/aromatic N) is 2. The third-order valence-corrected chi connectivity index (χ3v) is 3.26. The number of aryl methyl sites for hydroxylation is 2. The first-order valence-electron chi connectivity index (χ1n) is 7.26. The smallest absolute Gasteiger partial charge is 0.168 e. The van der Waals surface area contributed by atoms with Crippen molar-refractivity contribution in [3.8, 4) is 11.5 Å². The molecule has 0 atom stereocenters. The van der Waals surface area contributed by atoms with E-state index in [-0.39, 0.29) is 0 Å². The Morgan fingerprint density at radius 3 is 2.57 bits per heavy atom. The highest BCUT2D eigenvalue weighted by Gasteiger charge is 2.12. The van der Waals surface area contributed by atoms with E-state index in [4.69, 9.17) is 4.74 Å². The van der Waals surface area contributed by atoms with Gasteiger partial charge in [-0.2, -0.15) is 0 Å². The molecule has 2 aromatic rings. The van der Waals surface area contributed by atoms with E-state index >= 15 is 0 Å². The van der Waals surface area contributed by atoms with Gasteiger partial charge in [-0.15, -0.1) is 0 Å². The van der Waals surface area contributed by atoms with E-state index in [0.29, 0.717) is 18.2 Å². The molecule has 0 radical (unpaired) electrons. The van der Waals surface area contributed by atoms with E-state index in [9.17, 15) is 0 Å². The standard InChI is InChI=1S/C17H23N3O/c1-11(2)17-19-10-16(14(20-17)9-18-5)21-15-7-6-12(3)8-13(15)4/h6-8,10-11,18H,9H2,1-5H3. The zero-order chi connectivity index (χ0) is 15.4. The zero-order valence-corrected chi connectivity index (χ0v) is 13.4. The number of benzene rings is 1. The predicted octanol–water partition coefficient (Wildman–Crippen LogP) is 3.73. The van der Waals surface area contributed by atoms with Gasteiger partial charge < -0.3 is 10.1 Å². The molecule has 0 aliphatic rings. The van der Waals surface area contributed by atoms with Gasteiger partial charge in [0.25, 0.3) is 0 Å². The lowest BCUT2D eigenvalue weighted by molar-refractivity contribution is 0.461. The SMILES string of the molecule is CNCc1nc(C(C)C)ncc1Oc1ccc(C)cc1C. The normalized spacial score (nSPS) is 11.0. The molecule has 0 spiro atoms. The molecule has 0 saturated heterocycles. The first-order valence-corrected chi connectivity index (χ1v) is 7.26. The van der Waals surface area contributed by atoms with Crippen LogP contribution in [0.15, 0.2) is 24.4 Å². The monoisotopic (exact) mass is 285 g/mol. The van der Waals surface area contributed by atoms with Crippen molar-refractivity contribution in [2.24, 2.45) is 0 Å². The van der Waals surface area contributed by atoms with Crippen LogP contribution in [-0.2, 0) is 6.54 Å². The van der Waals surface area contributed by atoms with Crippen molar-refractivity contribution in [1.29, 1.82) is 0 Å². The number of hydrogen-bond donors (Lipinski definition) is 1. The van der Waals surface area contributed by atoms with E-state index in [2.05, 4.69) is 42.1 Å². The number of hydrogen-bond acceptors (Lipinski definition) is 4. The molecule has 1 aromatic carbocycles. The summed E-state index contributed by atoms with van der Waals surface area (Å²) in [6.07, 6.45) is 1.77. The minimum absolute atomic E-state index is 0.302. The van der Waals surface area contributed by atoms with Crippen LogP contribution in [0.4, 0.5) is 0 Å². The van der Waals surface area contributed by atoms with Crippen molar-refractivity contribution in [2.75, 3.05) is 7.05 Å². The predicted molar refractivity (Wildman–Crippen MR) is 84.9 cm³/mol. The van der Waals surface area contributed by atoms with Gasteiger partial charge in [0.2, 0.25) is 0 Å². The minimum atomic E-state index is 0.302. The van der Waals surface area contributed by atoms with Gasteiger partial charge in [0.1, 0.15) is 17.3 Å². The van der Waals surface area contributed by atoms with Gasteiger partial charge in [0, 0.05) is 12.5 Å². The van der Waals surface area contributed by atoms with E-state index in [1.54, 1.807) is 6.20 Å². The van der Waals surface area contributed by atoms with Crippen LogP contribution >= 0.6 is 0 Å². The molecule has 21 heavy (non-hydrogen) atoms. The van der Waals surface area contributed by atoms with Gasteiger partial charge in [-0.1, -0.05) is 31.5 Å². The summed E-state index contributed by atoms with van der Waals surface area (Å²) in [6, 6.07) is 6.14. The average Bonchev–Trinajstić information content (AvgIpc) is 2.43. The molecule has 4 heteroatoms. The molecule has 0 saturated carbocycles. The van der Waals surface area contributed by atoms with E-state index < -0.39 is 0 Å². The molecular formula is C17H23N3O. The Bertz CT molecular complexity index is 623. The summed E-state index contributed by atoms with van der Waals surface area (Å²) in [4.78, 5) is 9.01. The van der Waals surface area contributed by atoms with Crippen molar-refractivity contribution in [3.05, 3.63) is 47.0 Å². The number of ether oxygens (including phenoxy) is 1. The maximum atomic E-state index is 6.02. The molecule has 0 bridgehead atoms. The highest BCUT2D eigenvalue weighted by molar-refractivity contribution is 5.40. The topological polar surface area (TPSA) is 47.0 Å². The Hall–Kier alpha value is -1.94. The van der Waals surface area contributed by atoms with Crippen molar-refractivity contribution < 1.29 is 4.74 Å². The van der Waals surface area contributed by atoms with Gasteiger partial charge in [-0.3, -0.25) is 0 Å². The number of rotatable bonds is 5. The maximum absolute atomic E-state index is 6.02. The zero-order valence-electron chi connectivity index (χ0n) is 13.4. The molecule has 2 rings (SSSR count). The molecule has 1 heterocycles. The van der Waals surface area contributed by atoms with Gasteiger partial charge in [0.15, 0.2) is 5.75 Å². The Morgan fingerprint density at radius 2 is 1.95 bits per heavy atom. The minimum Gasteiger partial charge on any atom is -0.453 e. The first-order chi connectivity index (χ1) is 10.0. The van der Waals surface area contributed by atoms with Crippen LogP contribution in [-0.4, -0.2) is 17.0 Å². The summed E-state index contributed by atoms with van der Waals surface area (Å²) in [5, 5.41) is 3.13. The molecule has 0 unspecified atom stereocenters. The third-order valence-electron chi connectivity index (χ3n) is 3.26. The van der Waals surface area contributed by atoms with E-state index in [0.717, 1.165) is 22.8 Å². The molecule has 0 aliphatic heterocycles. The highest BCUT2D eigenvalue weighted by Crippen LogP contribution is 2.28. The lowest BCUT2D eigenvalue weighted by atomic mass is 10.1. The van der Waals surface area contributed by atoms with Crippen molar-refractivity contribution in [1.82, 2.24) is 15.3 Å². The second-order valence-corrected chi connectivity index (χ2v) is 5.60. The molecule has 4 nitrogen and oxygen atoms in total. The van der Waals surface area contributed by atoms with Crippen LogP contribution in [0.25, 0.3) is 0 Å². The summed E-state index contributed by atoms with van der Waals surface area (Å²) in [5.74, 6) is 2.70. The molecule has 0 amide bonds. The Balaban J connectivity index is 2.34. The fraction of sp³-hybridized carbons (Fsp3) is 0.412. The summed E-state index contributed by atoms with van der Waals surface area (Å²) in [5.41, 5.74) is 3.22. The molecule has 0 fully saturated rings. The third kappa shape index (κ3) is 3.79. The summed E-state index contributed by atoms with van der Waals surface area (Å²) >= 11 is 0. The number of nitrogens with one attached hydrogen (secondary N) is 1. The van der Waals surface area contributed by atoms with E-state index in [1.165, 1.54) is 5.56 Å². The maximum Gasteiger partial charge on any atom is 0.168 e. The number of aromatic nitrogens is 2. The van der Waals surface area contributed by atoms with Gasteiger partial charge in [-0.25, -0.2) is 9.97 Å². The lowest BCUT2D eigenvalue weighted by Crippen LogP contribution is -2.11. The lowest BCUT2D eigenvalue weighted by Gasteiger charge is -2.14. The summed E-state index contributed by atoms with van der Waals surface area (Å²) in [6.45, 7) is 8.95. The van der Waals surface area contributed by atoms with E-state index in [1.807, 2.05) is 26.1 Å². The molecule has 1 aromatic heterocycles. The Morgan fingerprint density at radius 1 is 1.19 bits per heavy atom. The van der Waals surface area contributed by atoms with Crippen LogP contribution in [0.5, 0.6) is 11.5 Å². The van der Waals surface area contributed by atoms with Gasteiger partial charge in [0.05, 0.1) is 6.20 Å². The fourth-order valence-corrected chi connectivity index (χ4v) is 2.11. The quantitative estimate of drug-likeness (QED) is 0.909. The van der Waals surface area contributed by atoms with Gasteiger partial charge >= 0.3 is 0 Å². The first kappa shape index (κ1) is 15.4. The Kier molecular flexibility index (Phi) is 4.91. The average molecular weight is 285 g/mol. The second-order valence-electron chi connectivity index (χ2n) is 5.60. The van der Waals surface area contributed by atoms with Crippen LogP contribution in [0, 0.1) is 13.8 Å². The van der Waals surface area contributed by atoms with Crippen molar-refractivity contribution in [3.63, 3.8) is 0 Å². The highest BCUT2D eigenvalue weighted by atomic mass is 16.5. The summed E-state index contributed by atoms with van der Waals surface area (Å²) < 4.78 is 6.02. The largest absolute Gasteiger partial charge is 0.453 e. The van der Waals surface area contributed by atoms with Crippen molar-refractivity contribution in [2.45, 2.75) is 40.2 Å². The summed E-state index contributed by atoms with van der Waals surface area (Å²) in [7, 11) is 1.90. The molecule has 0 aliphatic carbocycles. The van der Waals surface area contributed by atoms with Gasteiger partial charge in [-0.05, 0) is 32.5 Å². The molecule has 112 valence electrons. The molecule has 1 N–H and O–H groups in total. The van der Waals surface area contributed by atoms with Crippen LogP contribution < -0.4 is 10.1 Å².